The van der Waals surface area contributed by atoms with Gasteiger partial charge in [-0.3, -0.25) is 9.59 Å². The Morgan fingerprint density at radius 2 is 1.54 bits per heavy atom. The van der Waals surface area contributed by atoms with Crippen LogP contribution in [0.2, 0.25) is 0 Å². The fourth-order valence-electron chi connectivity index (χ4n) is 8.60. The Hall–Kier alpha value is -1.06. The molecule has 4 nitrogen and oxygen atoms in total. The number of rotatable bonds is 3. The van der Waals surface area contributed by atoms with E-state index in [4.69, 9.17) is 0 Å². The molecule has 8 rings (SSSR count). The largest absolute Gasteiger partial charge is 0.349 e. The maximum Gasteiger partial charge on any atom is 0.243 e. The Morgan fingerprint density at radius 1 is 0.958 bits per heavy atom. The Balaban J connectivity index is 1.27. The van der Waals surface area contributed by atoms with E-state index in [1.54, 1.807) is 4.90 Å². The molecule has 8 aliphatic rings. The van der Waals surface area contributed by atoms with E-state index < -0.39 is 0 Å². The number of carbonyl (C=O) groups is 2. The summed E-state index contributed by atoms with van der Waals surface area (Å²) in [5, 5.41) is 3.52. The van der Waals surface area contributed by atoms with Crippen LogP contribution in [-0.2, 0) is 9.59 Å². The Morgan fingerprint density at radius 3 is 2.08 bits per heavy atom. The highest BCUT2D eigenvalue weighted by Crippen LogP contribution is 2.72. The quantitative estimate of drug-likeness (QED) is 0.807. The lowest BCUT2D eigenvalue weighted by atomic mass is 9.34. The van der Waals surface area contributed by atoms with Crippen molar-refractivity contribution < 1.29 is 9.59 Å². The number of likely N-dealkylation sites (tertiary alicyclic amines) is 1. The van der Waals surface area contributed by atoms with Crippen LogP contribution in [0.5, 0.6) is 0 Å². The summed E-state index contributed by atoms with van der Waals surface area (Å²) < 4.78 is 0. The molecule has 0 aromatic heterocycles. The number of nitrogens with zero attached hydrogens (tertiary/aromatic N) is 1. The first kappa shape index (κ1) is 14.1. The molecule has 1 saturated heterocycles. The van der Waals surface area contributed by atoms with Gasteiger partial charge in [0.1, 0.15) is 6.04 Å². The molecule has 0 radical (unpaired) electrons. The van der Waals surface area contributed by atoms with E-state index in [0.717, 1.165) is 67.2 Å². The van der Waals surface area contributed by atoms with Gasteiger partial charge in [-0.25, -0.2) is 0 Å². The first-order valence-corrected chi connectivity index (χ1v) is 10.2. The summed E-state index contributed by atoms with van der Waals surface area (Å²) in [4.78, 5) is 25.8. The summed E-state index contributed by atoms with van der Waals surface area (Å²) in [6, 6.07) is -0.205. The zero-order valence-corrected chi connectivity index (χ0v) is 14.3. The van der Waals surface area contributed by atoms with Crippen LogP contribution in [0.15, 0.2) is 0 Å². The zero-order valence-electron chi connectivity index (χ0n) is 14.3. The summed E-state index contributed by atoms with van der Waals surface area (Å²) >= 11 is 0. The molecule has 8 bridgehead atoms. The highest BCUT2D eigenvalue weighted by atomic mass is 16.2. The smallest absolute Gasteiger partial charge is 0.243 e. The van der Waals surface area contributed by atoms with E-state index >= 15 is 0 Å². The lowest BCUT2D eigenvalue weighted by molar-refractivity contribution is -0.216. The molecular weight excluding hydrogens is 300 g/mol. The van der Waals surface area contributed by atoms with Gasteiger partial charge in [-0.2, -0.15) is 0 Å². The van der Waals surface area contributed by atoms with Crippen LogP contribution < -0.4 is 5.32 Å². The molecule has 0 aromatic rings. The second-order valence-electron chi connectivity index (χ2n) is 9.94. The SMILES string of the molecule is O=CN1CCC[C@H]1C(=O)NC12CC3C4CC5CC3C(C1)C(C5)C4C2. The molecule has 8 fully saturated rings. The van der Waals surface area contributed by atoms with E-state index in [2.05, 4.69) is 5.32 Å². The van der Waals surface area contributed by atoms with Crippen LogP contribution in [-0.4, -0.2) is 35.3 Å². The van der Waals surface area contributed by atoms with Gasteiger partial charge in [0, 0.05) is 12.1 Å². The van der Waals surface area contributed by atoms with Gasteiger partial charge in [0.25, 0.3) is 0 Å². The Labute approximate surface area is 143 Å². The van der Waals surface area contributed by atoms with Gasteiger partial charge in [0.2, 0.25) is 12.3 Å². The third-order valence-electron chi connectivity index (χ3n) is 9.12. The Kier molecular flexibility index (Phi) is 2.69. The van der Waals surface area contributed by atoms with Crippen LogP contribution in [0.25, 0.3) is 0 Å². The van der Waals surface area contributed by atoms with Crippen molar-refractivity contribution in [3.05, 3.63) is 0 Å². The van der Waals surface area contributed by atoms with E-state index in [1.807, 2.05) is 0 Å². The summed E-state index contributed by atoms with van der Waals surface area (Å²) in [6.07, 6.45) is 10.8. The van der Waals surface area contributed by atoms with Gasteiger partial charge in [-0.05, 0) is 92.8 Å². The van der Waals surface area contributed by atoms with E-state index in [9.17, 15) is 9.59 Å². The number of hydrogen-bond donors (Lipinski definition) is 1. The minimum atomic E-state index is -0.205. The maximum absolute atomic E-state index is 12.9. The van der Waals surface area contributed by atoms with Crippen molar-refractivity contribution in [2.45, 2.75) is 62.9 Å². The van der Waals surface area contributed by atoms with Crippen LogP contribution in [0, 0.1) is 41.4 Å². The number of amides is 2. The van der Waals surface area contributed by atoms with Gasteiger partial charge < -0.3 is 10.2 Å². The molecule has 0 spiro atoms. The molecule has 7 saturated carbocycles. The minimum absolute atomic E-state index is 0.0713. The number of nitrogens with one attached hydrogen (secondary N) is 1. The molecule has 130 valence electrons. The molecule has 1 N–H and O–H groups in total. The fourth-order valence-corrected chi connectivity index (χ4v) is 8.60. The molecule has 2 amide bonds. The topological polar surface area (TPSA) is 49.4 Å². The van der Waals surface area contributed by atoms with Gasteiger partial charge in [-0.1, -0.05) is 0 Å². The molecular formula is C20H28N2O2. The highest BCUT2D eigenvalue weighted by molar-refractivity contribution is 5.84. The lowest BCUT2D eigenvalue weighted by Gasteiger charge is -2.72. The van der Waals surface area contributed by atoms with Gasteiger partial charge in [0.05, 0.1) is 0 Å². The lowest BCUT2D eigenvalue weighted by Crippen LogP contribution is -2.71. The Bertz CT molecular complexity index is 542. The average Bonchev–Trinajstić information content (AvgIpc) is 3.07. The molecule has 4 heteroatoms. The molecule has 1 heterocycles. The van der Waals surface area contributed by atoms with Crippen LogP contribution in [0.3, 0.4) is 0 Å². The van der Waals surface area contributed by atoms with Crippen molar-refractivity contribution >= 4 is 12.3 Å². The summed E-state index contributed by atoms with van der Waals surface area (Å²) in [7, 11) is 0. The second kappa shape index (κ2) is 4.56. The van der Waals surface area contributed by atoms with Gasteiger partial charge in [-0.15, -0.1) is 0 Å². The summed E-state index contributed by atoms with van der Waals surface area (Å²) in [5.41, 5.74) is 0.0713. The van der Waals surface area contributed by atoms with Crippen LogP contribution >= 0.6 is 0 Å². The predicted octanol–water partition coefficient (Wildman–Crippen LogP) is 2.18. The van der Waals surface area contributed by atoms with Gasteiger partial charge >= 0.3 is 0 Å². The van der Waals surface area contributed by atoms with Crippen molar-refractivity contribution in [2.75, 3.05) is 6.54 Å². The maximum atomic E-state index is 12.9. The van der Waals surface area contributed by atoms with Crippen molar-refractivity contribution in [1.29, 1.82) is 0 Å². The average molecular weight is 328 g/mol. The molecule has 0 aromatic carbocycles. The van der Waals surface area contributed by atoms with Gasteiger partial charge in [0.15, 0.2) is 0 Å². The molecule has 1 atom stereocenters. The fraction of sp³-hybridized carbons (Fsp3) is 0.900. The van der Waals surface area contributed by atoms with Crippen molar-refractivity contribution in [2.24, 2.45) is 41.4 Å². The van der Waals surface area contributed by atoms with Crippen LogP contribution in [0.4, 0.5) is 0 Å². The normalized spacial score (nSPS) is 56.1. The molecule has 1 aliphatic heterocycles. The van der Waals surface area contributed by atoms with Crippen LogP contribution in [0.1, 0.15) is 51.4 Å². The molecule has 7 aliphatic carbocycles. The standard InChI is InChI=1S/C20H28N2O2/c23-10-22-3-1-2-18(22)19(24)21-20-7-15-12-4-11-5-13(15)17(9-20)14(6-11)16(12)8-20/h10-18H,1-9H2,(H,21,24)/t11?,12?,13?,14?,15?,16?,17?,18-,20?/m0/s1. The summed E-state index contributed by atoms with van der Waals surface area (Å²) in [5.74, 6) is 6.78. The molecule has 24 heavy (non-hydrogen) atoms. The zero-order chi connectivity index (χ0) is 16.1. The molecule has 0 unspecified atom stereocenters. The first-order valence-electron chi connectivity index (χ1n) is 10.2. The van der Waals surface area contributed by atoms with E-state index in [1.165, 1.54) is 38.5 Å². The van der Waals surface area contributed by atoms with E-state index in [-0.39, 0.29) is 17.5 Å². The predicted molar refractivity (Wildman–Crippen MR) is 88.8 cm³/mol. The third kappa shape index (κ3) is 1.65. The highest BCUT2D eigenvalue weighted by Gasteiger charge is 2.67. The minimum Gasteiger partial charge on any atom is -0.349 e. The number of carbonyl (C=O) groups excluding carboxylic acids is 2. The van der Waals surface area contributed by atoms with Crippen molar-refractivity contribution in [1.82, 2.24) is 10.2 Å². The monoisotopic (exact) mass is 328 g/mol. The third-order valence-corrected chi connectivity index (χ3v) is 9.12. The second-order valence-corrected chi connectivity index (χ2v) is 9.94. The summed E-state index contributed by atoms with van der Waals surface area (Å²) in [6.45, 7) is 0.746. The van der Waals surface area contributed by atoms with E-state index in [0.29, 0.717) is 0 Å². The van der Waals surface area contributed by atoms with Crippen molar-refractivity contribution in [3.8, 4) is 0 Å². The van der Waals surface area contributed by atoms with Crippen molar-refractivity contribution in [3.63, 3.8) is 0 Å². The first-order chi connectivity index (χ1) is 11.7. The number of hydrogen-bond acceptors (Lipinski definition) is 2.